The Balaban J connectivity index is 2.11. The van der Waals surface area contributed by atoms with Gasteiger partial charge < -0.3 is 5.32 Å². The summed E-state index contributed by atoms with van der Waals surface area (Å²) in [6, 6.07) is 19.2. The first kappa shape index (κ1) is 14.1. The molecule has 1 unspecified atom stereocenters. The first-order valence-corrected chi connectivity index (χ1v) is 7.18. The van der Waals surface area contributed by atoms with Crippen LogP contribution in [0.15, 0.2) is 60.7 Å². The van der Waals surface area contributed by atoms with E-state index in [1.54, 1.807) is 6.07 Å². The third kappa shape index (κ3) is 2.65. The van der Waals surface area contributed by atoms with E-state index in [-0.39, 0.29) is 11.1 Å². The van der Waals surface area contributed by atoms with Gasteiger partial charge in [0.15, 0.2) is 0 Å². The predicted octanol–water partition coefficient (Wildman–Crippen LogP) is 4.94. The Labute approximate surface area is 128 Å². The minimum Gasteiger partial charge on any atom is -0.309 e. The van der Waals surface area contributed by atoms with Gasteiger partial charge in [-0.1, -0.05) is 60.1 Å². The molecule has 0 aromatic heterocycles. The van der Waals surface area contributed by atoms with Crippen molar-refractivity contribution >= 4 is 22.4 Å². The normalized spacial score (nSPS) is 12.5. The Hall–Kier alpha value is -1.90. The molecule has 3 heteroatoms. The molecule has 0 spiro atoms. The summed E-state index contributed by atoms with van der Waals surface area (Å²) in [7, 11) is 1.85. The molecule has 0 bridgehead atoms. The van der Waals surface area contributed by atoms with Crippen LogP contribution in [0.25, 0.3) is 10.8 Å². The second-order valence-corrected chi connectivity index (χ2v) is 5.35. The van der Waals surface area contributed by atoms with E-state index in [0.717, 1.165) is 16.5 Å². The second kappa shape index (κ2) is 5.84. The molecule has 21 heavy (non-hydrogen) atoms. The summed E-state index contributed by atoms with van der Waals surface area (Å²) in [4.78, 5) is 0. The molecule has 0 aliphatic rings. The van der Waals surface area contributed by atoms with E-state index in [1.165, 1.54) is 11.5 Å². The summed E-state index contributed by atoms with van der Waals surface area (Å²) in [6.45, 7) is 0. The lowest BCUT2D eigenvalue weighted by Gasteiger charge is -2.19. The Morgan fingerprint density at radius 2 is 1.71 bits per heavy atom. The SMILES string of the molecule is CNC(c1ccc2ccccc2c1)c1cccc(F)c1Cl. The molecule has 1 atom stereocenters. The predicted molar refractivity (Wildman–Crippen MR) is 86.3 cm³/mol. The maximum Gasteiger partial charge on any atom is 0.142 e. The molecule has 0 saturated carbocycles. The Morgan fingerprint density at radius 1 is 0.952 bits per heavy atom. The highest BCUT2D eigenvalue weighted by Gasteiger charge is 2.17. The zero-order valence-electron chi connectivity index (χ0n) is 11.6. The monoisotopic (exact) mass is 299 g/mol. The van der Waals surface area contributed by atoms with Crippen LogP contribution in [0.1, 0.15) is 17.2 Å². The summed E-state index contributed by atoms with van der Waals surface area (Å²) < 4.78 is 13.7. The van der Waals surface area contributed by atoms with Gasteiger partial charge in [-0.2, -0.15) is 0 Å². The Kier molecular flexibility index (Phi) is 3.91. The summed E-state index contributed by atoms with van der Waals surface area (Å²) in [5, 5.41) is 5.72. The molecule has 0 saturated heterocycles. The van der Waals surface area contributed by atoms with Crippen molar-refractivity contribution in [3.63, 3.8) is 0 Å². The molecule has 0 radical (unpaired) electrons. The van der Waals surface area contributed by atoms with E-state index >= 15 is 0 Å². The number of hydrogen-bond acceptors (Lipinski definition) is 1. The molecule has 1 N–H and O–H groups in total. The van der Waals surface area contributed by atoms with E-state index in [4.69, 9.17) is 11.6 Å². The van der Waals surface area contributed by atoms with Crippen molar-refractivity contribution in [1.29, 1.82) is 0 Å². The van der Waals surface area contributed by atoms with Crippen LogP contribution in [0.5, 0.6) is 0 Å². The average Bonchev–Trinajstić information content (AvgIpc) is 2.52. The fourth-order valence-electron chi connectivity index (χ4n) is 2.63. The number of fused-ring (bicyclic) bond motifs is 1. The largest absolute Gasteiger partial charge is 0.309 e. The fourth-order valence-corrected chi connectivity index (χ4v) is 2.87. The summed E-state index contributed by atoms with van der Waals surface area (Å²) in [5.74, 6) is -0.393. The average molecular weight is 300 g/mol. The molecule has 106 valence electrons. The summed E-state index contributed by atoms with van der Waals surface area (Å²) in [5.41, 5.74) is 1.80. The van der Waals surface area contributed by atoms with Crippen molar-refractivity contribution in [3.8, 4) is 0 Å². The van der Waals surface area contributed by atoms with Crippen LogP contribution < -0.4 is 5.32 Å². The van der Waals surface area contributed by atoms with Crippen LogP contribution in [-0.4, -0.2) is 7.05 Å². The summed E-state index contributed by atoms with van der Waals surface area (Å²) >= 11 is 6.12. The van der Waals surface area contributed by atoms with Crippen LogP contribution in [0.3, 0.4) is 0 Å². The minimum atomic E-state index is -0.393. The van der Waals surface area contributed by atoms with Crippen LogP contribution >= 0.6 is 11.6 Å². The van der Waals surface area contributed by atoms with Gasteiger partial charge in [0.25, 0.3) is 0 Å². The molecule has 0 aliphatic carbocycles. The number of halogens is 2. The van der Waals surface area contributed by atoms with Gasteiger partial charge in [0.1, 0.15) is 5.82 Å². The van der Waals surface area contributed by atoms with Gasteiger partial charge in [0.2, 0.25) is 0 Å². The van der Waals surface area contributed by atoms with Crippen molar-refractivity contribution in [2.75, 3.05) is 7.05 Å². The molecule has 3 rings (SSSR count). The highest BCUT2D eigenvalue weighted by Crippen LogP contribution is 2.31. The number of rotatable bonds is 3. The molecule has 0 fully saturated rings. The molecule has 0 aliphatic heterocycles. The van der Waals surface area contributed by atoms with E-state index in [0.29, 0.717) is 0 Å². The van der Waals surface area contributed by atoms with Gasteiger partial charge in [0, 0.05) is 0 Å². The molecule has 0 amide bonds. The molecular formula is C18H15ClFN. The van der Waals surface area contributed by atoms with Crippen molar-refractivity contribution in [2.24, 2.45) is 0 Å². The van der Waals surface area contributed by atoms with Gasteiger partial charge >= 0.3 is 0 Å². The van der Waals surface area contributed by atoms with Crippen LogP contribution in [0, 0.1) is 5.82 Å². The van der Waals surface area contributed by atoms with E-state index in [9.17, 15) is 4.39 Å². The highest BCUT2D eigenvalue weighted by atomic mass is 35.5. The van der Waals surface area contributed by atoms with Crippen LogP contribution in [0.4, 0.5) is 4.39 Å². The number of hydrogen-bond donors (Lipinski definition) is 1. The quantitative estimate of drug-likeness (QED) is 0.722. The lowest BCUT2D eigenvalue weighted by atomic mass is 9.96. The van der Waals surface area contributed by atoms with E-state index in [1.807, 2.05) is 31.3 Å². The van der Waals surface area contributed by atoms with Gasteiger partial charge in [0.05, 0.1) is 11.1 Å². The lowest BCUT2D eigenvalue weighted by molar-refractivity contribution is 0.617. The van der Waals surface area contributed by atoms with E-state index in [2.05, 4.69) is 29.6 Å². The zero-order chi connectivity index (χ0) is 14.8. The Bertz CT molecular complexity index is 785. The maximum absolute atomic E-state index is 13.7. The van der Waals surface area contributed by atoms with Crippen molar-refractivity contribution in [2.45, 2.75) is 6.04 Å². The van der Waals surface area contributed by atoms with Crippen molar-refractivity contribution in [1.82, 2.24) is 5.32 Å². The smallest absolute Gasteiger partial charge is 0.142 e. The zero-order valence-corrected chi connectivity index (χ0v) is 12.4. The molecule has 3 aromatic carbocycles. The number of benzene rings is 3. The first-order chi connectivity index (χ1) is 10.2. The van der Waals surface area contributed by atoms with E-state index < -0.39 is 5.82 Å². The minimum absolute atomic E-state index is 0.141. The fraction of sp³-hybridized carbons (Fsp3) is 0.111. The molecule has 0 heterocycles. The first-order valence-electron chi connectivity index (χ1n) is 6.80. The standard InChI is InChI=1S/C18H15ClFN/c1-21-18(15-7-4-8-16(20)17(15)19)14-10-9-12-5-2-3-6-13(12)11-14/h2-11,18,21H,1H3. The van der Waals surface area contributed by atoms with Crippen molar-refractivity contribution in [3.05, 3.63) is 82.6 Å². The lowest BCUT2D eigenvalue weighted by Crippen LogP contribution is -2.18. The number of nitrogens with one attached hydrogen (secondary N) is 1. The molecule has 1 nitrogen and oxygen atoms in total. The third-order valence-electron chi connectivity index (χ3n) is 3.69. The van der Waals surface area contributed by atoms with Gasteiger partial charge in [-0.3, -0.25) is 0 Å². The van der Waals surface area contributed by atoms with Gasteiger partial charge in [-0.05, 0) is 41.1 Å². The maximum atomic E-state index is 13.7. The second-order valence-electron chi connectivity index (χ2n) is 4.97. The molecular weight excluding hydrogens is 285 g/mol. The van der Waals surface area contributed by atoms with Crippen LogP contribution in [-0.2, 0) is 0 Å². The molecule has 3 aromatic rings. The Morgan fingerprint density at radius 3 is 2.48 bits per heavy atom. The summed E-state index contributed by atoms with van der Waals surface area (Å²) in [6.07, 6.45) is 0. The third-order valence-corrected chi connectivity index (χ3v) is 4.09. The highest BCUT2D eigenvalue weighted by molar-refractivity contribution is 6.31. The topological polar surface area (TPSA) is 12.0 Å². The van der Waals surface area contributed by atoms with Crippen molar-refractivity contribution < 1.29 is 4.39 Å². The van der Waals surface area contributed by atoms with Crippen LogP contribution in [0.2, 0.25) is 5.02 Å². The van der Waals surface area contributed by atoms with Gasteiger partial charge in [-0.25, -0.2) is 4.39 Å². The van der Waals surface area contributed by atoms with Gasteiger partial charge in [-0.15, -0.1) is 0 Å².